The number of rotatable bonds is 11. The molecule has 1 atom stereocenters. The van der Waals surface area contributed by atoms with E-state index in [-0.39, 0.29) is 29.8 Å². The van der Waals surface area contributed by atoms with Crippen LogP contribution in [0.25, 0.3) is 10.8 Å². The normalized spacial score (nSPS) is 14.8. The fraction of sp³-hybridized carbons (Fsp3) is 0.314. The average molecular weight is 616 g/mol. The summed E-state index contributed by atoms with van der Waals surface area (Å²) in [6.07, 6.45) is 5.19. The van der Waals surface area contributed by atoms with Gasteiger partial charge in [-0.2, -0.15) is 4.31 Å². The van der Waals surface area contributed by atoms with Crippen LogP contribution in [-0.2, 0) is 32.6 Å². The van der Waals surface area contributed by atoms with E-state index in [0.717, 1.165) is 52.7 Å². The van der Waals surface area contributed by atoms with Crippen LogP contribution in [0.4, 0.5) is 4.39 Å². The molecular weight excluding hydrogens is 577 g/mol. The predicted octanol–water partition coefficient (Wildman–Crippen LogP) is 5.69. The SMILES string of the molecule is CN(CC(=O)N(Cc1ccc(F)cc1)C(Cc1ccccc1)C(=O)NC1CCCCC1)S(=O)(=O)c1ccc2ccccc2c1. The lowest BCUT2D eigenvalue weighted by atomic mass is 9.94. The lowest BCUT2D eigenvalue weighted by Gasteiger charge is -2.34. The maximum Gasteiger partial charge on any atom is 0.243 e. The first-order valence-electron chi connectivity index (χ1n) is 15.0. The Morgan fingerprint density at radius 3 is 2.20 bits per heavy atom. The highest BCUT2D eigenvalue weighted by Crippen LogP contribution is 2.23. The Bertz CT molecular complexity index is 1690. The smallest absolute Gasteiger partial charge is 0.243 e. The number of amides is 2. The number of benzene rings is 4. The summed E-state index contributed by atoms with van der Waals surface area (Å²) in [5, 5.41) is 4.85. The third kappa shape index (κ3) is 7.70. The second-order valence-corrected chi connectivity index (χ2v) is 13.5. The minimum atomic E-state index is -4.03. The summed E-state index contributed by atoms with van der Waals surface area (Å²) in [6.45, 7) is -0.461. The maximum atomic E-state index is 14.1. The van der Waals surface area contributed by atoms with E-state index in [1.807, 2.05) is 54.6 Å². The van der Waals surface area contributed by atoms with Gasteiger partial charge in [-0.25, -0.2) is 12.8 Å². The fourth-order valence-electron chi connectivity index (χ4n) is 5.76. The fourth-order valence-corrected chi connectivity index (χ4v) is 6.92. The molecule has 4 aromatic rings. The van der Waals surface area contributed by atoms with Crippen LogP contribution < -0.4 is 5.32 Å². The molecule has 1 unspecified atom stereocenters. The molecular formula is C35H38FN3O4S. The van der Waals surface area contributed by atoms with Gasteiger partial charge in [0.1, 0.15) is 11.9 Å². The second-order valence-electron chi connectivity index (χ2n) is 11.5. The van der Waals surface area contributed by atoms with E-state index in [0.29, 0.717) is 5.56 Å². The van der Waals surface area contributed by atoms with Crippen molar-refractivity contribution in [2.75, 3.05) is 13.6 Å². The molecule has 1 aliphatic carbocycles. The number of halogens is 1. The Balaban J connectivity index is 1.45. The van der Waals surface area contributed by atoms with Gasteiger partial charge >= 0.3 is 0 Å². The van der Waals surface area contributed by atoms with Crippen LogP contribution in [-0.4, -0.2) is 55.1 Å². The van der Waals surface area contributed by atoms with Gasteiger partial charge in [0, 0.05) is 26.1 Å². The molecule has 1 saturated carbocycles. The molecule has 0 aliphatic heterocycles. The Morgan fingerprint density at radius 2 is 1.50 bits per heavy atom. The van der Waals surface area contributed by atoms with Gasteiger partial charge < -0.3 is 10.2 Å². The van der Waals surface area contributed by atoms with E-state index < -0.39 is 34.3 Å². The van der Waals surface area contributed by atoms with Crippen molar-refractivity contribution in [3.63, 3.8) is 0 Å². The molecule has 44 heavy (non-hydrogen) atoms. The summed E-state index contributed by atoms with van der Waals surface area (Å²) in [5.74, 6) is -1.22. The molecule has 1 aliphatic rings. The Morgan fingerprint density at radius 1 is 0.841 bits per heavy atom. The zero-order valence-electron chi connectivity index (χ0n) is 24.9. The van der Waals surface area contributed by atoms with Crippen molar-refractivity contribution >= 4 is 32.6 Å². The van der Waals surface area contributed by atoms with Gasteiger partial charge in [-0.05, 0) is 59.0 Å². The van der Waals surface area contributed by atoms with Crippen molar-refractivity contribution in [3.05, 3.63) is 114 Å². The van der Waals surface area contributed by atoms with Gasteiger partial charge in [-0.1, -0.05) is 92.1 Å². The predicted molar refractivity (Wildman–Crippen MR) is 170 cm³/mol. The van der Waals surface area contributed by atoms with Crippen LogP contribution in [0, 0.1) is 5.82 Å². The molecule has 230 valence electrons. The number of hydrogen-bond donors (Lipinski definition) is 1. The minimum absolute atomic E-state index is 0.0125. The monoisotopic (exact) mass is 615 g/mol. The number of sulfonamides is 1. The molecule has 0 aromatic heterocycles. The van der Waals surface area contributed by atoms with Gasteiger partial charge in [0.15, 0.2) is 0 Å². The van der Waals surface area contributed by atoms with Crippen molar-refractivity contribution < 1.29 is 22.4 Å². The Hall–Kier alpha value is -4.08. The molecule has 0 bridgehead atoms. The van der Waals surface area contributed by atoms with Crippen LogP contribution >= 0.6 is 0 Å². The van der Waals surface area contributed by atoms with E-state index in [1.54, 1.807) is 24.3 Å². The van der Waals surface area contributed by atoms with Crippen molar-refractivity contribution in [1.82, 2.24) is 14.5 Å². The average Bonchev–Trinajstić information content (AvgIpc) is 3.04. The maximum absolute atomic E-state index is 14.1. The van der Waals surface area contributed by atoms with Gasteiger partial charge in [0.05, 0.1) is 11.4 Å². The molecule has 9 heteroatoms. The van der Waals surface area contributed by atoms with Crippen molar-refractivity contribution in [2.24, 2.45) is 0 Å². The summed E-state index contributed by atoms with van der Waals surface area (Å²) in [4.78, 5) is 29.6. The van der Waals surface area contributed by atoms with E-state index >= 15 is 0 Å². The first kappa shape index (κ1) is 31.3. The molecule has 0 spiro atoms. The summed E-state index contributed by atoms with van der Waals surface area (Å²) < 4.78 is 42.0. The third-order valence-corrected chi connectivity index (χ3v) is 10.1. The molecule has 1 fully saturated rings. The largest absolute Gasteiger partial charge is 0.352 e. The number of carbonyl (C=O) groups excluding carboxylic acids is 2. The third-order valence-electron chi connectivity index (χ3n) is 8.28. The summed E-state index contributed by atoms with van der Waals surface area (Å²) >= 11 is 0. The standard InChI is InChI=1S/C35H38FN3O4S/c1-38(44(42,43)32-21-18-28-12-8-9-13-29(28)23-32)25-34(40)39(24-27-16-19-30(36)20-17-27)33(22-26-10-4-2-5-11-26)35(41)37-31-14-6-3-7-15-31/h2,4-5,8-13,16-21,23,31,33H,3,6-7,14-15,22,24-25H2,1H3,(H,37,41). The number of carbonyl (C=O) groups is 2. The van der Waals surface area contributed by atoms with Crippen LogP contribution in [0.2, 0.25) is 0 Å². The first-order chi connectivity index (χ1) is 21.2. The number of nitrogens with one attached hydrogen (secondary N) is 1. The highest BCUT2D eigenvalue weighted by atomic mass is 32.2. The topological polar surface area (TPSA) is 86.8 Å². The van der Waals surface area contributed by atoms with E-state index in [4.69, 9.17) is 0 Å². The summed E-state index contributed by atoms with van der Waals surface area (Å²) in [5.41, 5.74) is 1.49. The zero-order chi connectivity index (χ0) is 31.1. The molecule has 0 radical (unpaired) electrons. The zero-order valence-corrected chi connectivity index (χ0v) is 25.7. The van der Waals surface area contributed by atoms with Crippen LogP contribution in [0.3, 0.4) is 0 Å². The van der Waals surface area contributed by atoms with E-state index in [2.05, 4.69) is 5.32 Å². The quantitative estimate of drug-likeness (QED) is 0.235. The number of likely N-dealkylation sites (N-methyl/N-ethyl adjacent to an activating group) is 1. The highest BCUT2D eigenvalue weighted by molar-refractivity contribution is 7.89. The molecule has 1 N–H and O–H groups in total. The van der Waals surface area contributed by atoms with Crippen molar-refractivity contribution in [1.29, 1.82) is 0 Å². The Kier molecular flexibility index (Phi) is 10.1. The van der Waals surface area contributed by atoms with E-state index in [1.165, 1.54) is 30.1 Å². The molecule has 4 aromatic carbocycles. The van der Waals surface area contributed by atoms with Gasteiger partial charge in [0.25, 0.3) is 0 Å². The van der Waals surface area contributed by atoms with Crippen molar-refractivity contribution in [3.8, 4) is 0 Å². The van der Waals surface area contributed by atoms with E-state index in [9.17, 15) is 22.4 Å². The second kappa shape index (κ2) is 14.1. The summed E-state index contributed by atoms with van der Waals surface area (Å²) in [6, 6.07) is 26.6. The number of hydrogen-bond acceptors (Lipinski definition) is 4. The molecule has 2 amide bonds. The lowest BCUT2D eigenvalue weighted by Crippen LogP contribution is -2.54. The van der Waals surface area contributed by atoms with Crippen LogP contribution in [0.15, 0.2) is 102 Å². The van der Waals surface area contributed by atoms with Crippen molar-refractivity contribution in [2.45, 2.75) is 62.0 Å². The number of nitrogens with zero attached hydrogens (tertiary/aromatic N) is 2. The Labute approximate surface area is 258 Å². The van der Waals surface area contributed by atoms with Crippen LogP contribution in [0.1, 0.15) is 43.2 Å². The molecule has 0 heterocycles. The van der Waals surface area contributed by atoms with Gasteiger partial charge in [-0.3, -0.25) is 9.59 Å². The highest BCUT2D eigenvalue weighted by Gasteiger charge is 2.34. The molecule has 7 nitrogen and oxygen atoms in total. The molecule has 5 rings (SSSR count). The summed E-state index contributed by atoms with van der Waals surface area (Å²) in [7, 11) is -2.66. The van der Waals surface area contributed by atoms with Crippen LogP contribution in [0.5, 0.6) is 0 Å². The first-order valence-corrected chi connectivity index (χ1v) is 16.5. The van der Waals surface area contributed by atoms with Gasteiger partial charge in [0.2, 0.25) is 21.8 Å². The van der Waals surface area contributed by atoms with Gasteiger partial charge in [-0.15, -0.1) is 0 Å². The minimum Gasteiger partial charge on any atom is -0.352 e. The number of fused-ring (bicyclic) bond motifs is 1. The molecule has 0 saturated heterocycles. The lowest BCUT2D eigenvalue weighted by molar-refractivity contribution is -0.141.